The number of ether oxygens (including phenoxy) is 8. The van der Waals surface area contributed by atoms with Crippen molar-refractivity contribution in [2.24, 2.45) is 0 Å². The monoisotopic (exact) mass is 396 g/mol. The van der Waals surface area contributed by atoms with E-state index in [2.05, 4.69) is 0 Å². The van der Waals surface area contributed by atoms with Crippen molar-refractivity contribution in [3.05, 3.63) is 0 Å². The lowest BCUT2D eigenvalue weighted by molar-refractivity contribution is -0.312. The molecule has 5 unspecified atom stereocenters. The Bertz CT molecular complexity index is 372. The maximum atomic E-state index is 10.5. The number of fused-ring (bicyclic) bond motifs is 1. The van der Waals surface area contributed by atoms with Crippen LogP contribution in [-0.2, 0) is 37.9 Å². The van der Waals surface area contributed by atoms with E-state index in [0.717, 1.165) is 0 Å². The third-order valence-electron chi connectivity index (χ3n) is 4.22. The summed E-state index contributed by atoms with van der Waals surface area (Å²) in [6.07, 6.45) is -4.06. The van der Waals surface area contributed by atoms with Crippen LogP contribution in [0.2, 0.25) is 0 Å². The third kappa shape index (κ3) is 7.86. The highest BCUT2D eigenvalue weighted by molar-refractivity contribution is 4.91. The predicted molar refractivity (Wildman–Crippen MR) is 91.5 cm³/mol. The van der Waals surface area contributed by atoms with E-state index in [9.17, 15) is 10.2 Å². The molecule has 0 aromatic heterocycles. The molecule has 2 saturated heterocycles. The molecule has 160 valence electrons. The molecule has 2 fully saturated rings. The van der Waals surface area contributed by atoms with Crippen LogP contribution >= 0.6 is 0 Å². The molecule has 0 aliphatic carbocycles. The first-order valence-electron chi connectivity index (χ1n) is 9.29. The molecule has 0 radical (unpaired) electrons. The van der Waals surface area contributed by atoms with Gasteiger partial charge in [-0.25, -0.2) is 0 Å². The van der Waals surface area contributed by atoms with Crippen molar-refractivity contribution in [2.45, 2.75) is 30.7 Å². The van der Waals surface area contributed by atoms with Crippen molar-refractivity contribution in [1.82, 2.24) is 0 Å². The molecule has 2 aliphatic rings. The van der Waals surface area contributed by atoms with E-state index in [1.54, 1.807) is 0 Å². The minimum atomic E-state index is -1.06. The van der Waals surface area contributed by atoms with Gasteiger partial charge in [0.2, 0.25) is 0 Å². The molecule has 5 atom stereocenters. The van der Waals surface area contributed by atoms with Crippen LogP contribution in [0.25, 0.3) is 0 Å². The normalized spacial score (nSPS) is 36.3. The molecular weight excluding hydrogens is 364 g/mol. The molecule has 0 bridgehead atoms. The van der Waals surface area contributed by atoms with Crippen LogP contribution in [0.4, 0.5) is 0 Å². The van der Waals surface area contributed by atoms with E-state index in [4.69, 9.17) is 37.9 Å². The maximum absolute atomic E-state index is 10.5. The smallest absolute Gasteiger partial charge is 0.186 e. The topological polar surface area (TPSA) is 114 Å². The summed E-state index contributed by atoms with van der Waals surface area (Å²) in [6, 6.07) is 0. The Labute approximate surface area is 159 Å². The quantitative estimate of drug-likeness (QED) is 0.575. The zero-order valence-corrected chi connectivity index (χ0v) is 15.8. The van der Waals surface area contributed by atoms with Crippen molar-refractivity contribution >= 4 is 0 Å². The molecular formula is C17H32O10. The second kappa shape index (κ2) is 13.7. The fraction of sp³-hybridized carbons (Fsp3) is 1.00. The van der Waals surface area contributed by atoms with Crippen LogP contribution in [0, 0.1) is 0 Å². The standard InChI is InChI=1S/C17H32O10/c1-20-17-16-15(14(19)13(12-18)27-17)25-10-8-23-6-4-21-2-3-22-5-7-24-9-11-26-16/h13-19H,2-12H2,1H3. The summed E-state index contributed by atoms with van der Waals surface area (Å²) in [5.41, 5.74) is 0. The summed E-state index contributed by atoms with van der Waals surface area (Å²) in [7, 11) is 1.47. The Morgan fingerprint density at radius 3 is 1.63 bits per heavy atom. The average Bonchev–Trinajstić information content (AvgIpc) is 2.68. The molecule has 0 aromatic rings. The highest BCUT2D eigenvalue weighted by Gasteiger charge is 2.46. The fourth-order valence-electron chi connectivity index (χ4n) is 2.85. The average molecular weight is 396 g/mol. The van der Waals surface area contributed by atoms with Crippen molar-refractivity contribution in [3.8, 4) is 0 Å². The molecule has 2 heterocycles. The second-order valence-electron chi connectivity index (χ2n) is 6.07. The van der Waals surface area contributed by atoms with Gasteiger partial charge < -0.3 is 48.1 Å². The van der Waals surface area contributed by atoms with Crippen LogP contribution in [0.3, 0.4) is 0 Å². The molecule has 2 rings (SSSR count). The Balaban J connectivity index is 1.93. The van der Waals surface area contributed by atoms with Gasteiger partial charge in [0, 0.05) is 7.11 Å². The number of hydrogen-bond donors (Lipinski definition) is 2. The number of aliphatic hydroxyl groups excluding tert-OH is 2. The molecule has 0 amide bonds. The van der Waals surface area contributed by atoms with Crippen molar-refractivity contribution in [3.63, 3.8) is 0 Å². The summed E-state index contributed by atoms with van der Waals surface area (Å²) in [6.45, 7) is 3.65. The zero-order chi connectivity index (χ0) is 19.3. The first-order valence-corrected chi connectivity index (χ1v) is 9.29. The number of aliphatic hydroxyl groups is 2. The van der Waals surface area contributed by atoms with Gasteiger partial charge in [-0.3, -0.25) is 0 Å². The van der Waals surface area contributed by atoms with Crippen LogP contribution in [0.5, 0.6) is 0 Å². The second-order valence-corrected chi connectivity index (χ2v) is 6.07. The van der Waals surface area contributed by atoms with Crippen LogP contribution < -0.4 is 0 Å². The summed E-state index contributed by atoms with van der Waals surface area (Å²) >= 11 is 0. The highest BCUT2D eigenvalue weighted by Crippen LogP contribution is 2.26. The molecule has 2 N–H and O–H groups in total. The first kappa shape index (κ1) is 22.9. The van der Waals surface area contributed by atoms with Gasteiger partial charge in [-0.1, -0.05) is 0 Å². The lowest BCUT2D eigenvalue weighted by Crippen LogP contribution is -2.61. The van der Waals surface area contributed by atoms with Crippen molar-refractivity contribution in [1.29, 1.82) is 0 Å². The van der Waals surface area contributed by atoms with Gasteiger partial charge in [-0.2, -0.15) is 0 Å². The number of methoxy groups -OCH3 is 1. The molecule has 10 heteroatoms. The molecule has 2 aliphatic heterocycles. The van der Waals surface area contributed by atoms with Crippen molar-refractivity contribution in [2.75, 3.05) is 79.8 Å². The summed E-state index contributed by atoms with van der Waals surface area (Å²) in [5.74, 6) is 0. The minimum absolute atomic E-state index is 0.246. The van der Waals surface area contributed by atoms with Crippen LogP contribution in [0.1, 0.15) is 0 Å². The largest absolute Gasteiger partial charge is 0.394 e. The Morgan fingerprint density at radius 1 is 0.741 bits per heavy atom. The lowest BCUT2D eigenvalue weighted by atomic mass is 9.98. The van der Waals surface area contributed by atoms with Crippen LogP contribution in [0.15, 0.2) is 0 Å². The van der Waals surface area contributed by atoms with E-state index < -0.39 is 30.7 Å². The zero-order valence-electron chi connectivity index (χ0n) is 15.8. The van der Waals surface area contributed by atoms with Gasteiger partial charge in [0.15, 0.2) is 6.29 Å². The molecule has 0 saturated carbocycles. The summed E-state index contributed by atoms with van der Waals surface area (Å²) in [5, 5.41) is 19.9. The number of hydrogen-bond acceptors (Lipinski definition) is 10. The predicted octanol–water partition coefficient (Wildman–Crippen LogP) is -1.44. The third-order valence-corrected chi connectivity index (χ3v) is 4.22. The highest BCUT2D eigenvalue weighted by atomic mass is 16.7. The summed E-state index contributed by atoms with van der Waals surface area (Å²) in [4.78, 5) is 0. The van der Waals surface area contributed by atoms with Crippen molar-refractivity contribution < 1.29 is 48.1 Å². The van der Waals surface area contributed by atoms with E-state index in [-0.39, 0.29) is 19.8 Å². The number of rotatable bonds is 2. The Kier molecular flexibility index (Phi) is 11.6. The fourth-order valence-corrected chi connectivity index (χ4v) is 2.85. The minimum Gasteiger partial charge on any atom is -0.394 e. The Morgan fingerprint density at radius 2 is 1.19 bits per heavy atom. The van der Waals surface area contributed by atoms with Gasteiger partial charge in [-0.05, 0) is 0 Å². The van der Waals surface area contributed by atoms with Gasteiger partial charge in [0.05, 0.1) is 72.7 Å². The molecule has 0 spiro atoms. The molecule has 27 heavy (non-hydrogen) atoms. The van der Waals surface area contributed by atoms with Gasteiger partial charge in [-0.15, -0.1) is 0 Å². The SMILES string of the molecule is COC1OC(CO)C(O)C2OCCOCCOCCOCCOCCOC12. The molecule has 0 aromatic carbocycles. The first-order chi connectivity index (χ1) is 13.3. The van der Waals surface area contributed by atoms with E-state index >= 15 is 0 Å². The Hall–Kier alpha value is -0.400. The van der Waals surface area contributed by atoms with E-state index in [1.807, 2.05) is 0 Å². The van der Waals surface area contributed by atoms with E-state index in [0.29, 0.717) is 52.9 Å². The van der Waals surface area contributed by atoms with Crippen LogP contribution in [-0.4, -0.2) is 121 Å². The van der Waals surface area contributed by atoms with Gasteiger partial charge in [0.1, 0.15) is 24.4 Å². The maximum Gasteiger partial charge on any atom is 0.186 e. The molecule has 10 nitrogen and oxygen atoms in total. The van der Waals surface area contributed by atoms with E-state index in [1.165, 1.54) is 7.11 Å². The van der Waals surface area contributed by atoms with Gasteiger partial charge >= 0.3 is 0 Å². The van der Waals surface area contributed by atoms with Gasteiger partial charge in [0.25, 0.3) is 0 Å². The lowest BCUT2D eigenvalue weighted by Gasteiger charge is -2.43. The summed E-state index contributed by atoms with van der Waals surface area (Å²) < 4.78 is 44.2.